The lowest BCUT2D eigenvalue weighted by molar-refractivity contribution is 0.103. The van der Waals surface area contributed by atoms with Crippen LogP contribution in [0.3, 0.4) is 0 Å². The summed E-state index contributed by atoms with van der Waals surface area (Å²) >= 11 is 3.33. The molecule has 0 radical (unpaired) electrons. The van der Waals surface area contributed by atoms with Crippen LogP contribution in [0.5, 0.6) is 0 Å². The molecule has 0 N–H and O–H groups in total. The number of Topliss-reactive ketones (excluding diaryl/α,β-unsaturated/α-hetero) is 1. The first kappa shape index (κ1) is 15.9. The lowest BCUT2D eigenvalue weighted by Crippen LogP contribution is -2.02. The molecule has 0 saturated carbocycles. The molecule has 4 heteroatoms. The van der Waals surface area contributed by atoms with Gasteiger partial charge >= 0.3 is 0 Å². The fourth-order valence-electron chi connectivity index (χ4n) is 1.79. The van der Waals surface area contributed by atoms with Gasteiger partial charge in [0.15, 0.2) is 0 Å². The molecular formula is C18H11BrFNO. The van der Waals surface area contributed by atoms with Gasteiger partial charge in [0, 0.05) is 10.0 Å². The van der Waals surface area contributed by atoms with Crippen molar-refractivity contribution in [2.75, 3.05) is 0 Å². The second-order valence-corrected chi connectivity index (χ2v) is 5.36. The van der Waals surface area contributed by atoms with Crippen molar-refractivity contribution in [2.45, 2.75) is 0 Å². The molecule has 0 atom stereocenters. The maximum absolute atomic E-state index is 12.9. The van der Waals surface area contributed by atoms with Crippen molar-refractivity contribution in [3.8, 4) is 6.07 Å². The lowest BCUT2D eigenvalue weighted by atomic mass is 10.0. The van der Waals surface area contributed by atoms with Crippen LogP contribution in [0.25, 0.3) is 6.08 Å². The molecule has 2 rings (SSSR count). The summed E-state index contributed by atoms with van der Waals surface area (Å²) in [5.74, 6) is -0.870. The third-order valence-corrected chi connectivity index (χ3v) is 3.32. The van der Waals surface area contributed by atoms with Crippen LogP contribution in [0.2, 0.25) is 0 Å². The molecule has 0 aromatic heterocycles. The summed E-state index contributed by atoms with van der Waals surface area (Å²) in [6.45, 7) is 0. The molecule has 2 aromatic carbocycles. The Kier molecular flexibility index (Phi) is 5.40. The molecule has 0 amide bonds. The average molecular weight is 356 g/mol. The van der Waals surface area contributed by atoms with E-state index < -0.39 is 11.6 Å². The molecule has 2 nitrogen and oxygen atoms in total. The molecule has 2 aromatic rings. The maximum atomic E-state index is 12.9. The van der Waals surface area contributed by atoms with Crippen LogP contribution in [0.4, 0.5) is 4.39 Å². The average Bonchev–Trinajstić information content (AvgIpc) is 2.53. The molecular weight excluding hydrogens is 345 g/mol. The molecule has 0 aliphatic rings. The number of halogens is 2. The van der Waals surface area contributed by atoms with Gasteiger partial charge in [-0.05, 0) is 42.0 Å². The fraction of sp³-hybridized carbons (Fsp3) is 0. The lowest BCUT2D eigenvalue weighted by Gasteiger charge is -2.00. The number of carbonyl (C=O) groups is 1. The highest BCUT2D eigenvalue weighted by molar-refractivity contribution is 9.12. The van der Waals surface area contributed by atoms with Crippen molar-refractivity contribution in [2.24, 2.45) is 0 Å². The second-order valence-electron chi connectivity index (χ2n) is 4.45. The number of hydrogen-bond donors (Lipinski definition) is 0. The van der Waals surface area contributed by atoms with Crippen molar-refractivity contribution in [3.05, 3.63) is 87.7 Å². The summed E-state index contributed by atoms with van der Waals surface area (Å²) in [4.78, 5) is 12.2. The van der Waals surface area contributed by atoms with E-state index in [2.05, 4.69) is 15.9 Å². The molecule has 0 aliphatic carbocycles. The Balaban J connectivity index is 2.27. The molecule has 22 heavy (non-hydrogen) atoms. The number of nitriles is 1. The molecule has 0 bridgehead atoms. The predicted molar refractivity (Wildman–Crippen MR) is 87.8 cm³/mol. The van der Waals surface area contributed by atoms with Crippen molar-refractivity contribution < 1.29 is 9.18 Å². The Hall–Kier alpha value is -2.51. The first-order valence-corrected chi connectivity index (χ1v) is 7.24. The quantitative estimate of drug-likeness (QED) is 0.339. The largest absolute Gasteiger partial charge is 0.288 e. The van der Waals surface area contributed by atoms with Gasteiger partial charge in [-0.2, -0.15) is 5.26 Å². The number of allylic oxidation sites excluding steroid dienone is 3. The fourth-order valence-corrected chi connectivity index (χ4v) is 2.29. The highest BCUT2D eigenvalue weighted by Gasteiger charge is 2.12. The number of rotatable bonds is 4. The SMILES string of the molecule is N#C/C(=C\C(Br)=C\c1ccccc1)C(=O)c1ccc(F)cc1. The van der Waals surface area contributed by atoms with E-state index in [0.717, 1.165) is 5.56 Å². The van der Waals surface area contributed by atoms with Crippen molar-refractivity contribution in [1.82, 2.24) is 0 Å². The molecule has 0 aliphatic heterocycles. The van der Waals surface area contributed by atoms with Crippen molar-refractivity contribution >= 4 is 27.8 Å². The van der Waals surface area contributed by atoms with Crippen molar-refractivity contribution in [1.29, 1.82) is 5.26 Å². The van der Waals surface area contributed by atoms with Gasteiger partial charge in [-0.25, -0.2) is 4.39 Å². The van der Waals surface area contributed by atoms with Crippen LogP contribution in [0.15, 0.2) is 70.7 Å². The smallest absolute Gasteiger partial charge is 0.203 e. The minimum Gasteiger partial charge on any atom is -0.288 e. The summed E-state index contributed by atoms with van der Waals surface area (Å²) < 4.78 is 13.5. The first-order chi connectivity index (χ1) is 10.6. The van der Waals surface area contributed by atoms with Crippen LogP contribution in [-0.2, 0) is 0 Å². The molecule has 0 heterocycles. The van der Waals surface area contributed by atoms with E-state index in [1.54, 1.807) is 6.08 Å². The predicted octanol–water partition coefficient (Wildman–Crippen LogP) is 4.89. The molecule has 0 unspecified atom stereocenters. The van der Waals surface area contributed by atoms with E-state index >= 15 is 0 Å². The minimum absolute atomic E-state index is 0.0225. The Morgan fingerprint density at radius 3 is 2.32 bits per heavy atom. The summed E-state index contributed by atoms with van der Waals surface area (Å²) in [6, 6.07) is 16.5. The normalized spacial score (nSPS) is 11.9. The number of nitrogens with zero attached hydrogens (tertiary/aromatic N) is 1. The Bertz CT molecular complexity index is 771. The van der Waals surface area contributed by atoms with Gasteiger partial charge in [-0.3, -0.25) is 4.79 Å². The molecule has 0 spiro atoms. The van der Waals surface area contributed by atoms with E-state index in [1.165, 1.54) is 30.3 Å². The minimum atomic E-state index is -0.444. The monoisotopic (exact) mass is 355 g/mol. The standard InChI is InChI=1S/C18H11BrFNO/c19-16(10-13-4-2-1-3-5-13)11-15(12-21)18(22)14-6-8-17(20)9-7-14/h1-11H/b15-11+,16-10-. The zero-order valence-electron chi connectivity index (χ0n) is 11.5. The Morgan fingerprint density at radius 1 is 1.09 bits per heavy atom. The summed E-state index contributed by atoms with van der Waals surface area (Å²) in [5.41, 5.74) is 1.19. The Morgan fingerprint density at radius 2 is 1.73 bits per heavy atom. The second kappa shape index (κ2) is 7.48. The van der Waals surface area contributed by atoms with Gasteiger partial charge < -0.3 is 0 Å². The zero-order chi connectivity index (χ0) is 15.9. The third-order valence-electron chi connectivity index (χ3n) is 2.86. The van der Waals surface area contributed by atoms with Gasteiger partial charge in [-0.1, -0.05) is 46.3 Å². The van der Waals surface area contributed by atoms with Gasteiger partial charge in [0.1, 0.15) is 17.5 Å². The summed E-state index contributed by atoms with van der Waals surface area (Å²) in [7, 11) is 0. The topological polar surface area (TPSA) is 40.9 Å². The van der Waals surface area contributed by atoms with Crippen LogP contribution in [0, 0.1) is 17.1 Å². The zero-order valence-corrected chi connectivity index (χ0v) is 13.0. The van der Waals surface area contributed by atoms with Crippen LogP contribution in [-0.4, -0.2) is 5.78 Å². The third kappa shape index (κ3) is 4.24. The van der Waals surface area contributed by atoms with Gasteiger partial charge in [0.25, 0.3) is 0 Å². The van der Waals surface area contributed by atoms with Crippen molar-refractivity contribution in [3.63, 3.8) is 0 Å². The van der Waals surface area contributed by atoms with Gasteiger partial charge in [0.2, 0.25) is 5.78 Å². The van der Waals surface area contributed by atoms with E-state index in [9.17, 15) is 9.18 Å². The number of benzene rings is 2. The van der Waals surface area contributed by atoms with Crippen LogP contribution in [0.1, 0.15) is 15.9 Å². The number of hydrogen-bond acceptors (Lipinski definition) is 2. The first-order valence-electron chi connectivity index (χ1n) is 6.44. The number of ketones is 1. The summed E-state index contributed by atoms with van der Waals surface area (Å²) in [5, 5.41) is 9.17. The highest BCUT2D eigenvalue weighted by atomic mass is 79.9. The van der Waals surface area contributed by atoms with E-state index in [1.807, 2.05) is 36.4 Å². The molecule has 108 valence electrons. The number of carbonyl (C=O) groups excluding carboxylic acids is 1. The summed E-state index contributed by atoms with van der Waals surface area (Å²) in [6.07, 6.45) is 3.26. The maximum Gasteiger partial charge on any atom is 0.203 e. The van der Waals surface area contributed by atoms with Crippen LogP contribution >= 0.6 is 15.9 Å². The van der Waals surface area contributed by atoms with E-state index in [4.69, 9.17) is 5.26 Å². The van der Waals surface area contributed by atoms with E-state index in [0.29, 0.717) is 4.48 Å². The van der Waals surface area contributed by atoms with Gasteiger partial charge in [0.05, 0.1) is 0 Å². The van der Waals surface area contributed by atoms with Gasteiger partial charge in [-0.15, -0.1) is 0 Å². The van der Waals surface area contributed by atoms with Crippen LogP contribution < -0.4 is 0 Å². The van der Waals surface area contributed by atoms with E-state index in [-0.39, 0.29) is 11.1 Å². The highest BCUT2D eigenvalue weighted by Crippen LogP contribution is 2.17. The Labute approximate surface area is 136 Å². The molecule has 0 fully saturated rings. The molecule has 0 saturated heterocycles.